The molecule has 0 aliphatic heterocycles. The predicted octanol–water partition coefficient (Wildman–Crippen LogP) is -1.04. The molecule has 3 rings (SSSR count). The molecule has 0 saturated carbocycles. The summed E-state index contributed by atoms with van der Waals surface area (Å²) in [5, 5.41) is 31.2. The second-order valence-corrected chi connectivity index (χ2v) is 9.55. The number of carbonyl (C=O) groups is 6. The number of hydrogen-bond donors (Lipinski definition) is 8. The minimum Gasteiger partial charge on any atom is -0.481 e. The van der Waals surface area contributed by atoms with E-state index in [1.165, 1.54) is 12.5 Å². The van der Waals surface area contributed by atoms with Gasteiger partial charge in [-0.25, -0.2) is 9.78 Å². The summed E-state index contributed by atoms with van der Waals surface area (Å²) in [6, 6.07) is 0.478. The van der Waals surface area contributed by atoms with Crippen LogP contribution in [-0.4, -0.2) is 95.0 Å². The molecule has 4 atom stereocenters. The first-order chi connectivity index (χ1) is 19.9. The Morgan fingerprint density at radius 2 is 1.64 bits per heavy atom. The number of aromatic nitrogens is 3. The zero-order valence-corrected chi connectivity index (χ0v) is 22.2. The van der Waals surface area contributed by atoms with E-state index in [4.69, 9.17) is 16.6 Å². The van der Waals surface area contributed by atoms with Crippen LogP contribution in [0.2, 0.25) is 0 Å². The van der Waals surface area contributed by atoms with Crippen molar-refractivity contribution in [2.24, 2.45) is 11.5 Å². The van der Waals surface area contributed by atoms with E-state index in [-0.39, 0.29) is 24.2 Å². The zero-order chi connectivity index (χ0) is 31.0. The molecule has 0 aliphatic rings. The SMILES string of the molecule is NC(CCC(=O)O)C(=O)NC(Cc1cnc[nH]1)C(=O)N(C(=O)C(N)Cc1c[nH]c2ccccc12)C(CC(=O)O)C(=O)O. The molecule has 42 heavy (non-hydrogen) atoms. The van der Waals surface area contributed by atoms with Gasteiger partial charge in [-0.3, -0.25) is 28.9 Å². The molecule has 2 heterocycles. The second-order valence-electron chi connectivity index (χ2n) is 9.55. The molecular weight excluding hydrogens is 554 g/mol. The highest BCUT2D eigenvalue weighted by Gasteiger charge is 2.42. The third-order valence-electron chi connectivity index (χ3n) is 6.47. The highest BCUT2D eigenvalue weighted by Crippen LogP contribution is 2.20. The molecule has 1 aromatic carbocycles. The molecule has 10 N–H and O–H groups in total. The number of aliphatic carboxylic acids is 3. The van der Waals surface area contributed by atoms with Crippen LogP contribution in [0.3, 0.4) is 0 Å². The van der Waals surface area contributed by atoms with E-state index in [1.54, 1.807) is 30.5 Å². The molecule has 3 amide bonds. The van der Waals surface area contributed by atoms with Crippen molar-refractivity contribution < 1.29 is 44.1 Å². The number of fused-ring (bicyclic) bond motifs is 1. The van der Waals surface area contributed by atoms with Crippen LogP contribution in [-0.2, 0) is 41.6 Å². The number of nitrogens with zero attached hydrogens (tertiary/aromatic N) is 2. The Kier molecular flexibility index (Phi) is 10.5. The number of rotatable bonds is 15. The quantitative estimate of drug-likeness (QED) is 0.106. The number of carboxylic acids is 3. The van der Waals surface area contributed by atoms with E-state index in [9.17, 15) is 39.0 Å². The van der Waals surface area contributed by atoms with E-state index in [0.29, 0.717) is 11.3 Å². The lowest BCUT2D eigenvalue weighted by atomic mass is 10.0. The fourth-order valence-electron chi connectivity index (χ4n) is 4.35. The summed E-state index contributed by atoms with van der Waals surface area (Å²) in [7, 11) is 0. The maximum absolute atomic E-state index is 13.9. The molecule has 224 valence electrons. The molecule has 0 bridgehead atoms. The summed E-state index contributed by atoms with van der Waals surface area (Å²) in [6.45, 7) is 0. The number of carboxylic acid groups (broad SMARTS) is 3. The first-order valence-electron chi connectivity index (χ1n) is 12.8. The van der Waals surface area contributed by atoms with Crippen molar-refractivity contribution in [1.29, 1.82) is 0 Å². The molecule has 2 aromatic heterocycles. The summed E-state index contributed by atoms with van der Waals surface area (Å²) in [5.41, 5.74) is 13.6. The molecule has 4 unspecified atom stereocenters. The Balaban J connectivity index is 1.96. The minimum atomic E-state index is -2.17. The van der Waals surface area contributed by atoms with Crippen molar-refractivity contribution in [3.05, 3.63) is 54.2 Å². The Morgan fingerprint density at radius 1 is 0.929 bits per heavy atom. The van der Waals surface area contributed by atoms with Crippen LogP contribution in [0.15, 0.2) is 43.0 Å². The number of nitrogens with one attached hydrogen (secondary N) is 3. The number of carbonyl (C=O) groups excluding carboxylic acids is 3. The minimum absolute atomic E-state index is 0.135. The second kappa shape index (κ2) is 14.0. The summed E-state index contributed by atoms with van der Waals surface area (Å²) in [4.78, 5) is 84.8. The van der Waals surface area contributed by atoms with Gasteiger partial charge in [0.25, 0.3) is 5.91 Å². The number of benzene rings is 1. The maximum atomic E-state index is 13.9. The highest BCUT2D eigenvalue weighted by atomic mass is 16.4. The fraction of sp³-hybridized carbons (Fsp3) is 0.346. The highest BCUT2D eigenvalue weighted by molar-refractivity contribution is 6.05. The topological polar surface area (TPSA) is 275 Å². The summed E-state index contributed by atoms with van der Waals surface area (Å²) < 4.78 is 0. The van der Waals surface area contributed by atoms with Crippen molar-refractivity contribution in [2.75, 3.05) is 0 Å². The Labute approximate surface area is 238 Å². The monoisotopic (exact) mass is 585 g/mol. The van der Waals surface area contributed by atoms with E-state index in [1.807, 2.05) is 0 Å². The Hall–Kier alpha value is -5.09. The van der Waals surface area contributed by atoms with Gasteiger partial charge in [-0.1, -0.05) is 18.2 Å². The smallest absolute Gasteiger partial charge is 0.327 e. The molecule has 3 aromatic rings. The van der Waals surface area contributed by atoms with Gasteiger partial charge >= 0.3 is 17.9 Å². The van der Waals surface area contributed by atoms with E-state index < -0.39 is 72.6 Å². The van der Waals surface area contributed by atoms with Gasteiger partial charge in [0.1, 0.15) is 12.1 Å². The molecule has 0 spiro atoms. The van der Waals surface area contributed by atoms with Crippen LogP contribution in [0.25, 0.3) is 10.9 Å². The van der Waals surface area contributed by atoms with Crippen LogP contribution in [0.1, 0.15) is 30.5 Å². The largest absolute Gasteiger partial charge is 0.481 e. The average molecular weight is 586 g/mol. The van der Waals surface area contributed by atoms with Gasteiger partial charge in [0.2, 0.25) is 11.8 Å². The van der Waals surface area contributed by atoms with Gasteiger partial charge in [0.05, 0.1) is 24.8 Å². The number of hydrogen-bond acceptors (Lipinski definition) is 9. The average Bonchev–Trinajstić information content (AvgIpc) is 3.60. The van der Waals surface area contributed by atoms with Crippen LogP contribution < -0.4 is 16.8 Å². The van der Waals surface area contributed by atoms with E-state index >= 15 is 0 Å². The van der Waals surface area contributed by atoms with E-state index in [2.05, 4.69) is 20.3 Å². The van der Waals surface area contributed by atoms with Crippen molar-refractivity contribution in [1.82, 2.24) is 25.2 Å². The van der Waals surface area contributed by atoms with Crippen LogP contribution >= 0.6 is 0 Å². The summed E-state index contributed by atoms with van der Waals surface area (Å²) >= 11 is 0. The van der Waals surface area contributed by atoms with Crippen LogP contribution in [0.4, 0.5) is 0 Å². The lowest BCUT2D eigenvalue weighted by Crippen LogP contribution is -2.61. The normalized spacial score (nSPS) is 14.0. The summed E-state index contributed by atoms with van der Waals surface area (Å²) in [6.07, 6.45) is 1.88. The van der Waals surface area contributed by atoms with Gasteiger partial charge in [0, 0.05) is 41.8 Å². The number of nitrogens with two attached hydrogens (primary N) is 2. The van der Waals surface area contributed by atoms with Crippen LogP contribution in [0, 0.1) is 0 Å². The summed E-state index contributed by atoms with van der Waals surface area (Å²) in [5.74, 6) is -7.99. The molecule has 16 nitrogen and oxygen atoms in total. The third kappa shape index (κ3) is 7.98. The molecular formula is C26H31N7O9. The van der Waals surface area contributed by atoms with Crippen molar-refractivity contribution >= 4 is 46.5 Å². The molecule has 0 saturated heterocycles. The van der Waals surface area contributed by atoms with E-state index in [0.717, 1.165) is 10.9 Å². The lowest BCUT2D eigenvalue weighted by Gasteiger charge is -2.32. The number of para-hydroxylation sites is 1. The first-order valence-corrected chi connectivity index (χ1v) is 12.8. The maximum Gasteiger partial charge on any atom is 0.327 e. The predicted molar refractivity (Wildman–Crippen MR) is 145 cm³/mol. The third-order valence-corrected chi connectivity index (χ3v) is 6.47. The van der Waals surface area contributed by atoms with Crippen molar-refractivity contribution in [3.8, 4) is 0 Å². The molecule has 0 aliphatic carbocycles. The van der Waals surface area contributed by atoms with Gasteiger partial charge < -0.3 is 42.1 Å². The van der Waals surface area contributed by atoms with Crippen molar-refractivity contribution in [2.45, 2.75) is 56.3 Å². The first kappa shape index (κ1) is 31.4. The zero-order valence-electron chi connectivity index (χ0n) is 22.2. The standard InChI is InChI=1S/C26H31N7O9/c27-16(5-6-21(34)35)23(38)32-19(8-14-11-29-12-31-14)25(40)33(20(26(41)42)9-22(36)37)24(39)17(28)7-13-10-30-18-4-2-1-3-15(13)18/h1-4,10-12,16-17,19-20,30H,5-9,27-28H2,(H,29,31)(H,32,38)(H,34,35)(H,36,37)(H,41,42). The Morgan fingerprint density at radius 3 is 2.26 bits per heavy atom. The van der Waals surface area contributed by atoms with Crippen molar-refractivity contribution in [3.63, 3.8) is 0 Å². The number of aromatic amines is 2. The Bertz CT molecular complexity index is 1450. The number of amides is 3. The molecule has 0 radical (unpaired) electrons. The lowest BCUT2D eigenvalue weighted by molar-refractivity contribution is -0.162. The van der Waals surface area contributed by atoms with Gasteiger partial charge in [-0.2, -0.15) is 0 Å². The van der Waals surface area contributed by atoms with Crippen LogP contribution in [0.5, 0.6) is 0 Å². The van der Waals surface area contributed by atoms with Gasteiger partial charge in [0.15, 0.2) is 0 Å². The molecule has 16 heteroatoms. The number of imide groups is 1. The fourth-order valence-corrected chi connectivity index (χ4v) is 4.35. The number of H-pyrrole nitrogens is 2. The number of imidazole rings is 1. The van der Waals surface area contributed by atoms with Gasteiger partial charge in [-0.05, 0) is 24.5 Å². The van der Waals surface area contributed by atoms with Gasteiger partial charge in [-0.15, -0.1) is 0 Å². The molecule has 0 fully saturated rings.